The van der Waals surface area contributed by atoms with Crippen molar-refractivity contribution in [1.82, 2.24) is 26.6 Å². The highest BCUT2D eigenvalue weighted by Crippen LogP contribution is 2.15. The van der Waals surface area contributed by atoms with Gasteiger partial charge in [-0.15, -0.1) is 0 Å². The highest BCUT2D eigenvalue weighted by molar-refractivity contribution is 5.95. The van der Waals surface area contributed by atoms with E-state index >= 15 is 0 Å². The van der Waals surface area contributed by atoms with Crippen LogP contribution >= 0.6 is 0 Å². The van der Waals surface area contributed by atoms with Crippen LogP contribution in [0.15, 0.2) is 60.7 Å². The zero-order valence-corrected chi connectivity index (χ0v) is 39.6. The van der Waals surface area contributed by atoms with Crippen molar-refractivity contribution in [2.24, 2.45) is 23.3 Å². The van der Waals surface area contributed by atoms with E-state index in [1.165, 1.54) is 0 Å². The lowest BCUT2D eigenvalue weighted by Gasteiger charge is -2.26. The van der Waals surface area contributed by atoms with E-state index in [0.717, 1.165) is 69.8 Å². The Balaban J connectivity index is 1.64. The quantitative estimate of drug-likeness (QED) is 0.0437. The monoisotopic (exact) mass is 920 g/mol. The zero-order valence-electron chi connectivity index (χ0n) is 39.6. The van der Waals surface area contributed by atoms with Crippen molar-refractivity contribution in [3.8, 4) is 0 Å². The molecule has 366 valence electrons. The van der Waals surface area contributed by atoms with Gasteiger partial charge in [-0.25, -0.2) is 4.79 Å². The lowest BCUT2D eigenvalue weighted by Crippen LogP contribution is -2.57. The van der Waals surface area contributed by atoms with E-state index in [-0.39, 0.29) is 37.0 Å². The van der Waals surface area contributed by atoms with E-state index in [1.54, 1.807) is 30.3 Å². The molecule has 10 N–H and O–H groups in total. The number of carbonyl (C=O) groups is 8. The van der Waals surface area contributed by atoms with Gasteiger partial charge in [0, 0.05) is 25.7 Å². The second-order valence-electron chi connectivity index (χ2n) is 18.2. The van der Waals surface area contributed by atoms with Gasteiger partial charge in [0.15, 0.2) is 0 Å². The largest absolute Gasteiger partial charge is 0.480 e. The molecule has 0 fully saturated rings. The summed E-state index contributed by atoms with van der Waals surface area (Å²) in [7, 11) is 0. The molecule has 0 aliphatic rings. The molecule has 5 atom stereocenters. The average molecular weight is 920 g/mol. The van der Waals surface area contributed by atoms with Gasteiger partial charge in [-0.05, 0) is 48.6 Å². The Morgan fingerprint density at radius 1 is 0.455 bits per heavy atom. The van der Waals surface area contributed by atoms with Crippen molar-refractivity contribution in [2.45, 2.75) is 180 Å². The molecule has 2 aromatic carbocycles. The molecule has 0 saturated carbocycles. The average Bonchev–Trinajstić information content (AvgIpc) is 3.25. The number of carbonyl (C=O) groups excluding carboxylic acids is 7. The Bertz CT molecular complexity index is 1810. The van der Waals surface area contributed by atoms with Crippen LogP contribution in [0.4, 0.5) is 0 Å². The molecule has 0 aliphatic carbocycles. The van der Waals surface area contributed by atoms with Crippen LogP contribution in [0, 0.1) is 11.8 Å². The summed E-state index contributed by atoms with van der Waals surface area (Å²) >= 11 is 0. The number of nitrogens with two attached hydrogens (primary N) is 2. The second kappa shape index (κ2) is 32.0. The minimum absolute atomic E-state index is 0.0404. The topological polar surface area (TPSA) is 269 Å². The molecule has 0 bridgehead atoms. The summed E-state index contributed by atoms with van der Waals surface area (Å²) in [5, 5.41) is 23.1. The standard InChI is InChI=1S/C50H77N7O9/c1-34(2)29-39(47(62)56-40(30-35(3)4)48(63)55-38(46(52)61)31-36-23-17-15-18-24-36)53-44(59)27-21-13-11-9-7-5-6-8-10-12-14-22-28-45(60)54-41(33-43(51)58)49(64)57-42(50(65)66)32-37-25-19-16-20-26-37/h15-20,23-26,34-35,38-42H,5-14,21-22,27-33H2,1-4H3,(H2,51,58)(H2,52,61)(H,53,59)(H,54,60)(H,55,63)(H,56,62)(H,57,64)(H,65,66)/t38-,39-,40-,41-,42-/m0/s1. The van der Waals surface area contributed by atoms with Crippen LogP contribution in [-0.2, 0) is 51.2 Å². The predicted molar refractivity (Wildman–Crippen MR) is 254 cm³/mol. The predicted octanol–water partition coefficient (Wildman–Crippen LogP) is 4.89. The number of amides is 7. The van der Waals surface area contributed by atoms with Gasteiger partial charge in [0.25, 0.3) is 0 Å². The lowest BCUT2D eigenvalue weighted by molar-refractivity contribution is -0.142. The molecule has 0 unspecified atom stereocenters. The molecule has 16 heteroatoms. The summed E-state index contributed by atoms with van der Waals surface area (Å²) in [5.74, 6) is -4.88. The van der Waals surface area contributed by atoms with Gasteiger partial charge in [-0.1, -0.05) is 153 Å². The van der Waals surface area contributed by atoms with Crippen molar-refractivity contribution in [3.05, 3.63) is 71.8 Å². The number of hydrogen-bond donors (Lipinski definition) is 8. The normalized spacial score (nSPS) is 13.4. The molecule has 0 spiro atoms. The number of benzene rings is 2. The smallest absolute Gasteiger partial charge is 0.326 e. The third kappa shape index (κ3) is 25.0. The molecular formula is C50H77N7O9. The molecule has 66 heavy (non-hydrogen) atoms. The maximum absolute atomic E-state index is 13.5. The molecule has 0 saturated heterocycles. The number of carboxylic acid groups (broad SMARTS) is 1. The summed E-state index contributed by atoms with van der Waals surface area (Å²) in [6, 6.07) is 12.8. The number of carboxylic acids is 1. The minimum atomic E-state index is -1.27. The van der Waals surface area contributed by atoms with E-state index < -0.39 is 78.0 Å². The zero-order chi connectivity index (χ0) is 48.9. The molecule has 2 aromatic rings. The molecule has 7 amide bonds. The van der Waals surface area contributed by atoms with Gasteiger partial charge < -0.3 is 43.2 Å². The first-order chi connectivity index (χ1) is 31.4. The van der Waals surface area contributed by atoms with E-state index in [9.17, 15) is 43.5 Å². The van der Waals surface area contributed by atoms with Crippen molar-refractivity contribution in [3.63, 3.8) is 0 Å². The molecule has 0 aliphatic heterocycles. The summed E-state index contributed by atoms with van der Waals surface area (Å²) < 4.78 is 0. The van der Waals surface area contributed by atoms with Gasteiger partial charge in [0.1, 0.15) is 30.2 Å². The maximum atomic E-state index is 13.5. The van der Waals surface area contributed by atoms with Crippen LogP contribution in [-0.4, -0.2) is 82.6 Å². The number of hydrogen-bond acceptors (Lipinski definition) is 8. The number of unbranched alkanes of at least 4 members (excludes halogenated alkanes) is 11. The first-order valence-corrected chi connectivity index (χ1v) is 23.8. The van der Waals surface area contributed by atoms with Gasteiger partial charge in [0.05, 0.1) is 6.42 Å². The van der Waals surface area contributed by atoms with Gasteiger partial charge in [-0.2, -0.15) is 0 Å². The molecule has 0 radical (unpaired) electrons. The number of primary amides is 2. The Labute approximate surface area is 391 Å². The van der Waals surface area contributed by atoms with E-state index in [4.69, 9.17) is 11.5 Å². The number of rotatable bonds is 35. The highest BCUT2D eigenvalue weighted by atomic mass is 16.4. The molecule has 16 nitrogen and oxygen atoms in total. The molecule has 0 aromatic heterocycles. The van der Waals surface area contributed by atoms with Crippen molar-refractivity contribution >= 4 is 47.3 Å². The molecule has 0 heterocycles. The Hall–Kier alpha value is -5.80. The Kier molecular flexibility index (Phi) is 27.3. The molecular weight excluding hydrogens is 843 g/mol. The Morgan fingerprint density at radius 2 is 0.788 bits per heavy atom. The summed E-state index contributed by atoms with van der Waals surface area (Å²) in [5.41, 5.74) is 12.5. The van der Waals surface area contributed by atoms with Crippen LogP contribution in [0.1, 0.15) is 148 Å². The fraction of sp³-hybridized carbons (Fsp3) is 0.600. The second-order valence-corrected chi connectivity index (χ2v) is 18.2. The fourth-order valence-corrected chi connectivity index (χ4v) is 7.63. The van der Waals surface area contributed by atoms with Gasteiger partial charge >= 0.3 is 5.97 Å². The SMILES string of the molecule is CC(C)C[C@H](NC(=O)CCCCCCCCCCCCCCC(=O)N[C@@H](CC(N)=O)C(=O)N[C@@H](Cc1ccccc1)C(=O)O)C(=O)N[C@@H](CC(C)C)C(=O)N[C@@H](Cc1ccccc1)C(N)=O. The fourth-order valence-electron chi connectivity index (χ4n) is 7.63. The summed E-state index contributed by atoms with van der Waals surface area (Å²) in [4.78, 5) is 101. The Morgan fingerprint density at radius 3 is 1.17 bits per heavy atom. The van der Waals surface area contributed by atoms with Crippen molar-refractivity contribution < 1.29 is 43.5 Å². The summed E-state index contributed by atoms with van der Waals surface area (Å²) in [6.45, 7) is 7.80. The maximum Gasteiger partial charge on any atom is 0.326 e. The molecule has 2 rings (SSSR count). The van der Waals surface area contributed by atoms with Crippen LogP contribution in [0.3, 0.4) is 0 Å². The van der Waals surface area contributed by atoms with Crippen molar-refractivity contribution in [1.29, 1.82) is 0 Å². The van der Waals surface area contributed by atoms with Crippen LogP contribution in [0.2, 0.25) is 0 Å². The van der Waals surface area contributed by atoms with Gasteiger partial charge in [-0.3, -0.25) is 33.6 Å². The first-order valence-electron chi connectivity index (χ1n) is 23.8. The van der Waals surface area contributed by atoms with E-state index in [0.29, 0.717) is 37.7 Å². The van der Waals surface area contributed by atoms with Crippen LogP contribution < -0.4 is 38.1 Å². The first kappa shape index (κ1) is 56.3. The minimum Gasteiger partial charge on any atom is -0.480 e. The van der Waals surface area contributed by atoms with E-state index in [1.807, 2.05) is 58.0 Å². The van der Waals surface area contributed by atoms with Crippen molar-refractivity contribution in [2.75, 3.05) is 0 Å². The number of nitrogens with one attached hydrogen (secondary N) is 5. The third-order valence-electron chi connectivity index (χ3n) is 11.2. The van der Waals surface area contributed by atoms with Gasteiger partial charge in [0.2, 0.25) is 41.4 Å². The van der Waals surface area contributed by atoms with Crippen LogP contribution in [0.5, 0.6) is 0 Å². The lowest BCUT2D eigenvalue weighted by atomic mass is 9.99. The third-order valence-corrected chi connectivity index (χ3v) is 11.2. The summed E-state index contributed by atoms with van der Waals surface area (Å²) in [6.07, 6.45) is 12.5. The van der Waals surface area contributed by atoms with Crippen LogP contribution in [0.25, 0.3) is 0 Å². The number of aliphatic carboxylic acids is 1. The highest BCUT2D eigenvalue weighted by Gasteiger charge is 2.31. The van der Waals surface area contributed by atoms with E-state index in [2.05, 4.69) is 26.6 Å².